The van der Waals surface area contributed by atoms with E-state index in [0.717, 1.165) is 16.7 Å². The van der Waals surface area contributed by atoms with Crippen LogP contribution in [0, 0.1) is 6.92 Å². The highest BCUT2D eigenvalue weighted by molar-refractivity contribution is 6.41. The first kappa shape index (κ1) is 17.5. The summed E-state index contributed by atoms with van der Waals surface area (Å²) in [5.74, 6) is -0.364. The number of allylic oxidation sites excluding steroid dienone is 2. The highest BCUT2D eigenvalue weighted by Gasteiger charge is 2.33. The molecule has 2 aromatic carbocycles. The number of rotatable bonds is 1. The number of fused-ring (bicyclic) bond motifs is 2. The number of anilines is 1. The van der Waals surface area contributed by atoms with E-state index in [1.54, 1.807) is 30.3 Å². The number of hydrogen-bond donors (Lipinski definition) is 0. The number of nitrogens with zero attached hydrogens (tertiary/aromatic N) is 1. The lowest BCUT2D eigenvalue weighted by molar-refractivity contribution is 0.0990. The monoisotopic (exact) mass is 357 g/mol. The molecular formula is C24H23NO2. The molecule has 0 radical (unpaired) electrons. The fourth-order valence-corrected chi connectivity index (χ4v) is 4.03. The Kier molecular flexibility index (Phi) is 3.74. The molecule has 0 saturated heterocycles. The predicted molar refractivity (Wildman–Crippen MR) is 110 cm³/mol. The van der Waals surface area contributed by atoms with Crippen molar-refractivity contribution in [2.45, 2.75) is 33.2 Å². The van der Waals surface area contributed by atoms with Gasteiger partial charge in [-0.15, -0.1) is 0 Å². The van der Waals surface area contributed by atoms with Crippen LogP contribution < -0.4 is 4.90 Å². The number of benzene rings is 2. The molecule has 0 N–H and O–H groups in total. The lowest BCUT2D eigenvalue weighted by atomic mass is 9.87. The molecule has 27 heavy (non-hydrogen) atoms. The minimum atomic E-state index is -0.182. The van der Waals surface area contributed by atoms with E-state index in [1.807, 2.05) is 6.92 Å². The number of Topliss-reactive ketones (excluding diaryl/α,β-unsaturated/α-hetero) is 2. The smallest absolute Gasteiger partial charge is 0.197 e. The van der Waals surface area contributed by atoms with Crippen LogP contribution in [0.3, 0.4) is 0 Å². The van der Waals surface area contributed by atoms with Gasteiger partial charge in [-0.1, -0.05) is 30.3 Å². The molecule has 1 aliphatic carbocycles. The van der Waals surface area contributed by atoms with E-state index in [0.29, 0.717) is 11.1 Å². The van der Waals surface area contributed by atoms with Crippen LogP contribution in [0.2, 0.25) is 0 Å². The summed E-state index contributed by atoms with van der Waals surface area (Å²) in [6, 6.07) is 11.3. The quantitative estimate of drug-likeness (QED) is 0.527. The average molecular weight is 357 g/mol. The van der Waals surface area contributed by atoms with Gasteiger partial charge in [0.15, 0.2) is 11.6 Å². The lowest BCUT2D eigenvalue weighted by Gasteiger charge is -2.41. The van der Waals surface area contributed by atoms with Crippen LogP contribution in [0.25, 0.3) is 11.6 Å². The Morgan fingerprint density at radius 1 is 0.926 bits per heavy atom. The van der Waals surface area contributed by atoms with Gasteiger partial charge in [0.25, 0.3) is 0 Å². The molecule has 0 atom stereocenters. The van der Waals surface area contributed by atoms with Crippen LogP contribution in [0.1, 0.15) is 58.2 Å². The zero-order valence-electron chi connectivity index (χ0n) is 16.4. The van der Waals surface area contributed by atoms with Gasteiger partial charge in [-0.3, -0.25) is 9.59 Å². The molecule has 1 aliphatic heterocycles. The zero-order valence-corrected chi connectivity index (χ0v) is 16.4. The molecule has 0 amide bonds. The van der Waals surface area contributed by atoms with Crippen molar-refractivity contribution in [3.8, 4) is 0 Å². The second-order valence-corrected chi connectivity index (χ2v) is 8.03. The molecule has 0 unspecified atom stereocenters. The Labute approximate surface area is 160 Å². The van der Waals surface area contributed by atoms with Gasteiger partial charge in [0.2, 0.25) is 0 Å². The molecule has 0 spiro atoms. The zero-order chi connectivity index (χ0) is 19.5. The molecule has 0 aromatic heterocycles. The maximum absolute atomic E-state index is 12.7. The Bertz CT molecular complexity index is 1030. The maximum atomic E-state index is 12.7. The average Bonchev–Trinajstić information content (AvgIpc) is 2.86. The second kappa shape index (κ2) is 5.78. The molecule has 1 heterocycles. The summed E-state index contributed by atoms with van der Waals surface area (Å²) in [6.07, 6.45) is 4.01. The Balaban J connectivity index is 1.84. The van der Waals surface area contributed by atoms with Gasteiger partial charge in [0.1, 0.15) is 0 Å². The van der Waals surface area contributed by atoms with Crippen LogP contribution in [0.4, 0.5) is 5.69 Å². The summed E-state index contributed by atoms with van der Waals surface area (Å²) in [5.41, 5.74) is 6.70. The summed E-state index contributed by atoms with van der Waals surface area (Å²) >= 11 is 0. The third-order valence-electron chi connectivity index (χ3n) is 5.81. The van der Waals surface area contributed by atoms with Crippen LogP contribution >= 0.6 is 0 Å². The van der Waals surface area contributed by atoms with E-state index in [2.05, 4.69) is 50.9 Å². The largest absolute Gasteiger partial charge is 0.365 e. The predicted octanol–water partition coefficient (Wildman–Crippen LogP) is 5.09. The van der Waals surface area contributed by atoms with Crippen LogP contribution in [-0.4, -0.2) is 24.2 Å². The van der Waals surface area contributed by atoms with Crippen LogP contribution in [0.5, 0.6) is 0 Å². The normalized spacial score (nSPS) is 17.6. The molecule has 0 fully saturated rings. The Morgan fingerprint density at radius 3 is 2.11 bits per heavy atom. The van der Waals surface area contributed by atoms with E-state index in [9.17, 15) is 9.59 Å². The van der Waals surface area contributed by atoms with Gasteiger partial charge in [0, 0.05) is 29.4 Å². The number of likely N-dealkylation sites (N-methyl/N-ethyl adjacent to an activating group) is 1. The first-order chi connectivity index (χ1) is 12.7. The van der Waals surface area contributed by atoms with Gasteiger partial charge in [-0.05, 0) is 62.6 Å². The fraction of sp³-hybridized carbons (Fsp3) is 0.250. The molecular weight excluding hydrogens is 334 g/mol. The molecule has 2 aliphatic rings. The van der Waals surface area contributed by atoms with Crippen LogP contribution in [0.15, 0.2) is 48.0 Å². The fourth-order valence-electron chi connectivity index (χ4n) is 4.03. The standard InChI is InChI=1S/C24H23NO2/c1-14-10-21-19(15(2)13-24(3,4)25(21)5)11-16(14)12-20-22(26)17-8-6-7-9-18(17)23(20)27/h6-13H,1-5H3. The molecule has 0 bridgehead atoms. The van der Waals surface area contributed by atoms with Crippen molar-refractivity contribution in [1.29, 1.82) is 0 Å². The molecule has 3 heteroatoms. The van der Waals surface area contributed by atoms with Gasteiger partial charge >= 0.3 is 0 Å². The molecule has 2 aromatic rings. The number of hydrogen-bond acceptors (Lipinski definition) is 3. The Hall–Kier alpha value is -2.94. The number of aryl methyl sites for hydroxylation is 1. The van der Waals surface area contributed by atoms with Crippen molar-refractivity contribution in [2.75, 3.05) is 11.9 Å². The molecule has 136 valence electrons. The summed E-state index contributed by atoms with van der Waals surface area (Å²) in [4.78, 5) is 27.7. The van der Waals surface area contributed by atoms with E-state index >= 15 is 0 Å². The summed E-state index contributed by atoms with van der Waals surface area (Å²) in [5, 5.41) is 0. The molecule has 3 nitrogen and oxygen atoms in total. The maximum Gasteiger partial charge on any atom is 0.197 e. The van der Waals surface area contributed by atoms with Crippen molar-refractivity contribution in [1.82, 2.24) is 0 Å². The van der Waals surface area contributed by atoms with Gasteiger partial charge in [-0.2, -0.15) is 0 Å². The highest BCUT2D eigenvalue weighted by Crippen LogP contribution is 2.40. The first-order valence-corrected chi connectivity index (χ1v) is 9.19. The Morgan fingerprint density at radius 2 is 1.52 bits per heavy atom. The van der Waals surface area contributed by atoms with Gasteiger partial charge < -0.3 is 4.90 Å². The number of carbonyl (C=O) groups is 2. The van der Waals surface area contributed by atoms with Crippen molar-refractivity contribution in [2.24, 2.45) is 0 Å². The highest BCUT2D eigenvalue weighted by atomic mass is 16.2. The summed E-state index contributed by atoms with van der Waals surface area (Å²) in [6.45, 7) is 8.52. The van der Waals surface area contributed by atoms with E-state index in [-0.39, 0.29) is 22.7 Å². The minimum absolute atomic E-state index is 0.0530. The second-order valence-electron chi connectivity index (χ2n) is 8.03. The first-order valence-electron chi connectivity index (χ1n) is 9.19. The van der Waals surface area contributed by atoms with E-state index in [4.69, 9.17) is 0 Å². The van der Waals surface area contributed by atoms with Gasteiger partial charge in [-0.25, -0.2) is 0 Å². The van der Waals surface area contributed by atoms with Gasteiger partial charge in [0.05, 0.1) is 11.1 Å². The summed E-state index contributed by atoms with van der Waals surface area (Å²) in [7, 11) is 2.10. The van der Waals surface area contributed by atoms with Crippen molar-refractivity contribution < 1.29 is 9.59 Å². The van der Waals surface area contributed by atoms with E-state index in [1.165, 1.54) is 11.3 Å². The SMILES string of the molecule is CC1=CC(C)(C)N(C)c2cc(C)c(C=C3C(=O)c4ccccc4C3=O)cc21. The van der Waals surface area contributed by atoms with Crippen molar-refractivity contribution in [3.05, 3.63) is 75.9 Å². The van der Waals surface area contributed by atoms with Crippen molar-refractivity contribution >= 4 is 28.9 Å². The third-order valence-corrected chi connectivity index (χ3v) is 5.81. The summed E-state index contributed by atoms with van der Waals surface area (Å²) < 4.78 is 0. The van der Waals surface area contributed by atoms with Crippen molar-refractivity contribution in [3.63, 3.8) is 0 Å². The number of carbonyl (C=O) groups excluding carboxylic acids is 2. The van der Waals surface area contributed by atoms with E-state index < -0.39 is 0 Å². The van der Waals surface area contributed by atoms with Crippen LogP contribution in [-0.2, 0) is 0 Å². The topological polar surface area (TPSA) is 37.4 Å². The number of ketones is 2. The molecule has 0 saturated carbocycles. The third kappa shape index (κ3) is 2.57. The minimum Gasteiger partial charge on any atom is -0.365 e. The molecule has 4 rings (SSSR count). The lowest BCUT2D eigenvalue weighted by Crippen LogP contribution is -2.42.